The number of nitrogens with zero attached hydrogens (tertiary/aromatic N) is 4. The molecule has 1 aliphatic rings. The van der Waals surface area contributed by atoms with Crippen molar-refractivity contribution in [1.82, 2.24) is 20.3 Å². The Labute approximate surface area is 224 Å². The van der Waals surface area contributed by atoms with E-state index in [1.807, 2.05) is 12.1 Å². The lowest BCUT2D eigenvalue weighted by molar-refractivity contribution is -0.125. The predicted octanol–water partition coefficient (Wildman–Crippen LogP) is 3.21. The van der Waals surface area contributed by atoms with Crippen molar-refractivity contribution in [3.05, 3.63) is 96.2 Å². The molecule has 198 valence electrons. The highest BCUT2D eigenvalue weighted by molar-refractivity contribution is 5.99. The van der Waals surface area contributed by atoms with Crippen molar-refractivity contribution in [2.24, 2.45) is 0 Å². The summed E-state index contributed by atoms with van der Waals surface area (Å²) in [5.74, 6) is -1.28. The van der Waals surface area contributed by atoms with E-state index in [0.717, 1.165) is 32.0 Å². The van der Waals surface area contributed by atoms with Gasteiger partial charge in [-0.25, -0.2) is 24.1 Å². The smallest absolute Gasteiger partial charge is 0.361 e. The number of pyridine rings is 1. The maximum atomic E-state index is 13.3. The number of anilines is 3. The molecule has 0 spiro atoms. The molecular weight excluding hydrogens is 501 g/mol. The van der Waals surface area contributed by atoms with Gasteiger partial charge in [0, 0.05) is 49.2 Å². The van der Waals surface area contributed by atoms with Gasteiger partial charge in [-0.15, -0.1) is 0 Å². The lowest BCUT2D eigenvalue weighted by Gasteiger charge is -2.28. The molecule has 0 radical (unpaired) electrons. The molecule has 4 aromatic rings. The lowest BCUT2D eigenvalue weighted by atomic mass is 10.1. The van der Waals surface area contributed by atoms with E-state index in [1.165, 1.54) is 30.5 Å². The number of amides is 1. The molecule has 1 amide bonds. The van der Waals surface area contributed by atoms with E-state index < -0.39 is 23.8 Å². The summed E-state index contributed by atoms with van der Waals surface area (Å²) in [7, 11) is 0. The van der Waals surface area contributed by atoms with Crippen LogP contribution in [0.4, 0.5) is 21.7 Å². The van der Waals surface area contributed by atoms with Crippen LogP contribution in [0.2, 0.25) is 0 Å². The van der Waals surface area contributed by atoms with Gasteiger partial charge in [0.15, 0.2) is 11.5 Å². The maximum absolute atomic E-state index is 13.3. The van der Waals surface area contributed by atoms with Crippen LogP contribution in [0.15, 0.2) is 79.1 Å². The van der Waals surface area contributed by atoms with Crippen molar-refractivity contribution in [3.63, 3.8) is 0 Å². The zero-order valence-electron chi connectivity index (χ0n) is 20.9. The van der Waals surface area contributed by atoms with E-state index >= 15 is 0 Å². The number of piperazine rings is 1. The van der Waals surface area contributed by atoms with E-state index in [2.05, 4.69) is 30.5 Å². The molecule has 1 atom stereocenters. The normalized spacial score (nSPS) is 13.9. The molecular formula is C28H26FN7O3. The van der Waals surface area contributed by atoms with Crippen LogP contribution in [0.5, 0.6) is 0 Å². The van der Waals surface area contributed by atoms with Crippen LogP contribution in [0.1, 0.15) is 22.2 Å². The number of aromatic nitrogens is 3. The number of carbonyl (C=O) groups excluding carboxylic acids is 2. The standard InChI is InChI=1S/C28H26FN7O3/c29-20-7-9-21(10-8-20)34-27(37)25(18-4-2-1-3-5-18)39-28(38)24-26(30)33-17-22(35-24)19-6-11-23(32-16-19)36-14-12-31-13-15-36/h1-11,16-17,25,31H,12-15H2,(H2,30,33)(H,34,37)/t25-/m1/s1. The van der Waals surface area contributed by atoms with Crippen molar-refractivity contribution < 1.29 is 18.7 Å². The Morgan fingerprint density at radius 3 is 2.41 bits per heavy atom. The summed E-state index contributed by atoms with van der Waals surface area (Å²) in [6.07, 6.45) is 1.78. The molecule has 0 unspecified atom stereocenters. The third-order valence-corrected chi connectivity index (χ3v) is 6.16. The van der Waals surface area contributed by atoms with Gasteiger partial charge in [-0.1, -0.05) is 30.3 Å². The van der Waals surface area contributed by atoms with E-state index in [9.17, 15) is 14.0 Å². The minimum atomic E-state index is -1.33. The fourth-order valence-corrected chi connectivity index (χ4v) is 4.11. The van der Waals surface area contributed by atoms with E-state index in [0.29, 0.717) is 22.5 Å². The molecule has 0 aliphatic carbocycles. The fraction of sp³-hybridized carbons (Fsp3) is 0.179. The number of rotatable bonds is 7. The molecule has 1 fully saturated rings. The topological polar surface area (TPSA) is 135 Å². The number of nitrogen functional groups attached to an aromatic ring is 1. The highest BCUT2D eigenvalue weighted by atomic mass is 19.1. The molecule has 2 aromatic heterocycles. The Kier molecular flexibility index (Phi) is 7.69. The van der Waals surface area contributed by atoms with Crippen LogP contribution in [-0.4, -0.2) is 53.0 Å². The minimum absolute atomic E-state index is 0.139. The quantitative estimate of drug-likeness (QED) is 0.310. The van der Waals surface area contributed by atoms with E-state index in [-0.39, 0.29) is 11.5 Å². The minimum Gasteiger partial charge on any atom is -0.442 e. The molecule has 11 heteroatoms. The fourth-order valence-electron chi connectivity index (χ4n) is 4.11. The first kappa shape index (κ1) is 25.7. The Hall–Kier alpha value is -4.90. The molecule has 0 bridgehead atoms. The second kappa shape index (κ2) is 11.7. The average molecular weight is 528 g/mol. The van der Waals surface area contributed by atoms with E-state index in [1.54, 1.807) is 36.5 Å². The van der Waals surface area contributed by atoms with Gasteiger partial charge in [-0.2, -0.15) is 0 Å². The first-order chi connectivity index (χ1) is 19.0. The molecule has 0 saturated carbocycles. The summed E-state index contributed by atoms with van der Waals surface area (Å²) < 4.78 is 18.9. The lowest BCUT2D eigenvalue weighted by Crippen LogP contribution is -2.43. The average Bonchev–Trinajstić information content (AvgIpc) is 2.98. The predicted molar refractivity (Wildman–Crippen MR) is 144 cm³/mol. The number of nitrogens with one attached hydrogen (secondary N) is 2. The van der Waals surface area contributed by atoms with Gasteiger partial charge in [-0.05, 0) is 36.4 Å². The summed E-state index contributed by atoms with van der Waals surface area (Å²) in [6.45, 7) is 3.51. The Balaban J connectivity index is 1.37. The Morgan fingerprint density at radius 2 is 1.72 bits per heavy atom. The van der Waals surface area contributed by atoms with Crippen molar-refractivity contribution in [1.29, 1.82) is 0 Å². The van der Waals surface area contributed by atoms with Gasteiger partial charge in [0.1, 0.15) is 11.6 Å². The van der Waals surface area contributed by atoms with Crippen LogP contribution in [0, 0.1) is 5.82 Å². The van der Waals surface area contributed by atoms with Gasteiger partial charge in [0.25, 0.3) is 5.91 Å². The zero-order chi connectivity index (χ0) is 27.2. The second-order valence-electron chi connectivity index (χ2n) is 8.82. The maximum Gasteiger partial charge on any atom is 0.361 e. The molecule has 4 N–H and O–H groups in total. The summed E-state index contributed by atoms with van der Waals surface area (Å²) in [5, 5.41) is 5.95. The molecule has 3 heterocycles. The van der Waals surface area contributed by atoms with Gasteiger partial charge in [-0.3, -0.25) is 4.79 Å². The van der Waals surface area contributed by atoms with Gasteiger partial charge >= 0.3 is 5.97 Å². The molecule has 39 heavy (non-hydrogen) atoms. The monoisotopic (exact) mass is 527 g/mol. The Morgan fingerprint density at radius 1 is 0.974 bits per heavy atom. The Bertz CT molecular complexity index is 1440. The first-order valence-corrected chi connectivity index (χ1v) is 12.3. The summed E-state index contributed by atoms with van der Waals surface area (Å²) >= 11 is 0. The third kappa shape index (κ3) is 6.16. The number of halogens is 1. The van der Waals surface area contributed by atoms with Crippen molar-refractivity contribution in [2.75, 3.05) is 42.1 Å². The number of benzene rings is 2. The first-order valence-electron chi connectivity index (χ1n) is 12.3. The van der Waals surface area contributed by atoms with Crippen LogP contribution in [0.25, 0.3) is 11.3 Å². The highest BCUT2D eigenvalue weighted by Gasteiger charge is 2.28. The number of hydrogen-bond donors (Lipinski definition) is 3. The van der Waals surface area contributed by atoms with Crippen molar-refractivity contribution >= 4 is 29.2 Å². The van der Waals surface area contributed by atoms with Crippen LogP contribution in [-0.2, 0) is 9.53 Å². The summed E-state index contributed by atoms with van der Waals surface area (Å²) in [6, 6.07) is 17.5. The highest BCUT2D eigenvalue weighted by Crippen LogP contribution is 2.25. The molecule has 1 aliphatic heterocycles. The molecule has 10 nitrogen and oxygen atoms in total. The van der Waals surface area contributed by atoms with Crippen LogP contribution >= 0.6 is 0 Å². The number of hydrogen-bond acceptors (Lipinski definition) is 9. The van der Waals surface area contributed by atoms with Gasteiger partial charge in [0.2, 0.25) is 6.10 Å². The van der Waals surface area contributed by atoms with Gasteiger partial charge < -0.3 is 26.0 Å². The number of nitrogens with two attached hydrogens (primary N) is 1. The van der Waals surface area contributed by atoms with Crippen molar-refractivity contribution in [2.45, 2.75) is 6.10 Å². The summed E-state index contributed by atoms with van der Waals surface area (Å²) in [4.78, 5) is 41.6. The number of esters is 1. The number of carbonyl (C=O) groups is 2. The SMILES string of the molecule is Nc1ncc(-c2ccc(N3CCNCC3)nc2)nc1C(=O)O[C@@H](C(=O)Nc1ccc(F)cc1)c1ccccc1. The van der Waals surface area contributed by atoms with Crippen LogP contribution < -0.4 is 21.3 Å². The zero-order valence-corrected chi connectivity index (χ0v) is 20.9. The van der Waals surface area contributed by atoms with E-state index in [4.69, 9.17) is 10.5 Å². The molecule has 2 aromatic carbocycles. The molecule has 5 rings (SSSR count). The number of ether oxygens (including phenoxy) is 1. The summed E-state index contributed by atoms with van der Waals surface area (Å²) in [5.41, 5.74) is 7.55. The molecule has 1 saturated heterocycles. The van der Waals surface area contributed by atoms with Crippen LogP contribution in [0.3, 0.4) is 0 Å². The second-order valence-corrected chi connectivity index (χ2v) is 8.82. The van der Waals surface area contributed by atoms with Gasteiger partial charge in [0.05, 0.1) is 11.9 Å². The largest absolute Gasteiger partial charge is 0.442 e. The third-order valence-electron chi connectivity index (χ3n) is 6.16. The van der Waals surface area contributed by atoms with Crippen molar-refractivity contribution in [3.8, 4) is 11.3 Å².